The van der Waals surface area contributed by atoms with Crippen molar-refractivity contribution >= 4 is 0 Å². The number of benzene rings is 1. The molecule has 0 heterocycles. The molecule has 0 spiro atoms. The highest BCUT2D eigenvalue weighted by Crippen LogP contribution is 2.56. The topological polar surface area (TPSA) is 21.3 Å². The first-order valence-corrected chi connectivity index (χ1v) is 6.33. The van der Waals surface area contributed by atoms with E-state index in [9.17, 15) is 0 Å². The number of hydrogen-bond acceptors (Lipinski definition) is 2. The van der Waals surface area contributed by atoms with E-state index in [2.05, 4.69) is 57.4 Å². The van der Waals surface area contributed by atoms with Gasteiger partial charge in [-0.1, -0.05) is 32.9 Å². The van der Waals surface area contributed by atoms with Crippen molar-refractivity contribution in [1.82, 2.24) is 5.32 Å². The van der Waals surface area contributed by atoms with Crippen LogP contribution >= 0.6 is 0 Å². The van der Waals surface area contributed by atoms with Crippen molar-refractivity contribution in [2.45, 2.75) is 32.7 Å². The minimum Gasteiger partial charge on any atom is -0.497 e. The fraction of sp³-hybridized carbons (Fsp3) is 0.600. The summed E-state index contributed by atoms with van der Waals surface area (Å²) in [6.07, 6.45) is 0. The van der Waals surface area contributed by atoms with Crippen LogP contribution in [-0.2, 0) is 0 Å². The highest BCUT2D eigenvalue weighted by atomic mass is 16.5. The molecule has 0 amide bonds. The number of rotatable bonds is 3. The van der Waals surface area contributed by atoms with Crippen LogP contribution < -0.4 is 10.1 Å². The van der Waals surface area contributed by atoms with Gasteiger partial charge in [-0.15, -0.1) is 0 Å². The highest BCUT2D eigenvalue weighted by Gasteiger charge is 2.53. The van der Waals surface area contributed by atoms with Crippen LogP contribution in [0.5, 0.6) is 5.75 Å². The van der Waals surface area contributed by atoms with Crippen LogP contribution in [0.3, 0.4) is 0 Å². The summed E-state index contributed by atoms with van der Waals surface area (Å²) in [5, 5.41) is 3.44. The molecular formula is C15H23NO. The Kier molecular flexibility index (Phi) is 3.17. The molecule has 3 unspecified atom stereocenters. The van der Waals surface area contributed by atoms with Gasteiger partial charge in [0.05, 0.1) is 7.11 Å². The van der Waals surface area contributed by atoms with Crippen molar-refractivity contribution in [2.75, 3.05) is 14.2 Å². The third-order valence-corrected chi connectivity index (χ3v) is 4.44. The summed E-state index contributed by atoms with van der Waals surface area (Å²) in [6.45, 7) is 7.04. The van der Waals surface area contributed by atoms with Crippen molar-refractivity contribution in [1.29, 1.82) is 0 Å². The maximum atomic E-state index is 5.21. The van der Waals surface area contributed by atoms with Gasteiger partial charge < -0.3 is 10.1 Å². The Bertz CT molecular complexity index is 382. The molecule has 1 aromatic carbocycles. The van der Waals surface area contributed by atoms with E-state index in [4.69, 9.17) is 4.74 Å². The zero-order chi connectivity index (χ0) is 12.6. The van der Waals surface area contributed by atoms with Gasteiger partial charge in [-0.2, -0.15) is 0 Å². The van der Waals surface area contributed by atoms with Crippen LogP contribution in [0.4, 0.5) is 0 Å². The number of ether oxygens (including phenoxy) is 1. The van der Waals surface area contributed by atoms with Crippen LogP contribution in [0.25, 0.3) is 0 Å². The molecule has 0 bridgehead atoms. The second-order valence-corrected chi connectivity index (χ2v) is 5.70. The fourth-order valence-corrected chi connectivity index (χ4v) is 3.80. The first-order valence-electron chi connectivity index (χ1n) is 6.33. The predicted molar refractivity (Wildman–Crippen MR) is 71.5 cm³/mol. The van der Waals surface area contributed by atoms with Gasteiger partial charge in [-0.25, -0.2) is 0 Å². The maximum Gasteiger partial charge on any atom is 0.118 e. The van der Waals surface area contributed by atoms with Crippen molar-refractivity contribution in [3.8, 4) is 5.75 Å². The summed E-state index contributed by atoms with van der Waals surface area (Å²) in [4.78, 5) is 0. The summed E-state index contributed by atoms with van der Waals surface area (Å²) in [7, 11) is 3.77. The average Bonchev–Trinajstić information content (AvgIpc) is 2.30. The molecule has 1 fully saturated rings. The molecule has 1 aliphatic rings. The van der Waals surface area contributed by atoms with E-state index < -0.39 is 0 Å². The smallest absolute Gasteiger partial charge is 0.118 e. The first-order chi connectivity index (χ1) is 8.02. The normalized spacial score (nSPS) is 30.8. The van der Waals surface area contributed by atoms with Crippen LogP contribution in [0, 0.1) is 11.3 Å². The molecule has 0 aromatic heterocycles. The first kappa shape index (κ1) is 12.4. The average molecular weight is 233 g/mol. The number of methoxy groups -OCH3 is 1. The van der Waals surface area contributed by atoms with Crippen LogP contribution in [0.15, 0.2) is 24.3 Å². The van der Waals surface area contributed by atoms with Crippen molar-refractivity contribution in [2.24, 2.45) is 11.3 Å². The summed E-state index contributed by atoms with van der Waals surface area (Å²) in [5.41, 5.74) is 1.75. The maximum absolute atomic E-state index is 5.21. The number of hydrogen-bond donors (Lipinski definition) is 1. The van der Waals surface area contributed by atoms with Crippen LogP contribution in [-0.4, -0.2) is 20.2 Å². The summed E-state index contributed by atoms with van der Waals surface area (Å²) in [6, 6.07) is 9.13. The molecule has 1 N–H and O–H groups in total. The Morgan fingerprint density at radius 2 is 1.76 bits per heavy atom. The molecule has 1 aliphatic carbocycles. The lowest BCUT2D eigenvalue weighted by atomic mass is 9.50. The Labute approximate surface area is 104 Å². The summed E-state index contributed by atoms with van der Waals surface area (Å²) >= 11 is 0. The fourth-order valence-electron chi connectivity index (χ4n) is 3.80. The van der Waals surface area contributed by atoms with E-state index in [1.54, 1.807) is 7.11 Å². The van der Waals surface area contributed by atoms with Crippen LogP contribution in [0.1, 0.15) is 32.3 Å². The zero-order valence-electron chi connectivity index (χ0n) is 11.4. The van der Waals surface area contributed by atoms with Gasteiger partial charge in [0.2, 0.25) is 0 Å². The largest absolute Gasteiger partial charge is 0.497 e. The lowest BCUT2D eigenvalue weighted by Gasteiger charge is -2.58. The van der Waals surface area contributed by atoms with Crippen LogP contribution in [0.2, 0.25) is 0 Å². The van der Waals surface area contributed by atoms with E-state index in [-0.39, 0.29) is 0 Å². The SMILES string of the molecule is CNC1C(C)C(c2ccc(OC)cc2)C1(C)C. The molecular weight excluding hydrogens is 210 g/mol. The van der Waals surface area contributed by atoms with E-state index >= 15 is 0 Å². The molecule has 2 heteroatoms. The Morgan fingerprint density at radius 1 is 1.18 bits per heavy atom. The highest BCUT2D eigenvalue weighted by molar-refractivity contribution is 5.34. The lowest BCUT2D eigenvalue weighted by molar-refractivity contribution is 0.00506. The minimum absolute atomic E-state index is 0.322. The molecule has 3 atom stereocenters. The standard InChI is InChI=1S/C15H23NO/c1-10-13(15(2,3)14(10)16-4)11-6-8-12(17-5)9-7-11/h6-10,13-14,16H,1-5H3. The molecule has 1 aromatic rings. The molecule has 0 saturated heterocycles. The van der Waals surface area contributed by atoms with Gasteiger partial charge >= 0.3 is 0 Å². The number of nitrogens with one attached hydrogen (secondary N) is 1. The van der Waals surface area contributed by atoms with Gasteiger partial charge in [0, 0.05) is 6.04 Å². The molecule has 1 saturated carbocycles. The molecule has 2 nitrogen and oxygen atoms in total. The van der Waals surface area contributed by atoms with Gasteiger partial charge in [-0.05, 0) is 42.0 Å². The van der Waals surface area contributed by atoms with E-state index in [1.807, 2.05) is 0 Å². The third-order valence-electron chi connectivity index (χ3n) is 4.44. The molecule has 94 valence electrons. The lowest BCUT2D eigenvalue weighted by Crippen LogP contribution is -2.60. The molecule has 0 aliphatic heterocycles. The Hall–Kier alpha value is -1.02. The monoisotopic (exact) mass is 233 g/mol. The van der Waals surface area contributed by atoms with E-state index in [0.29, 0.717) is 23.3 Å². The molecule has 2 rings (SSSR count). The quantitative estimate of drug-likeness (QED) is 0.866. The van der Waals surface area contributed by atoms with Crippen molar-refractivity contribution in [3.05, 3.63) is 29.8 Å². The van der Waals surface area contributed by atoms with Gasteiger partial charge in [-0.3, -0.25) is 0 Å². The van der Waals surface area contributed by atoms with Gasteiger partial charge in [0.25, 0.3) is 0 Å². The van der Waals surface area contributed by atoms with Crippen molar-refractivity contribution < 1.29 is 4.74 Å². The molecule has 17 heavy (non-hydrogen) atoms. The minimum atomic E-state index is 0.322. The molecule has 0 radical (unpaired) electrons. The Morgan fingerprint density at radius 3 is 2.18 bits per heavy atom. The van der Waals surface area contributed by atoms with E-state index in [1.165, 1.54) is 5.56 Å². The van der Waals surface area contributed by atoms with E-state index in [0.717, 1.165) is 5.75 Å². The van der Waals surface area contributed by atoms with Gasteiger partial charge in [0.1, 0.15) is 5.75 Å². The Balaban J connectivity index is 2.23. The third kappa shape index (κ3) is 1.85. The van der Waals surface area contributed by atoms with Crippen molar-refractivity contribution in [3.63, 3.8) is 0 Å². The zero-order valence-corrected chi connectivity index (χ0v) is 11.4. The summed E-state index contributed by atoms with van der Waals surface area (Å²) in [5.74, 6) is 2.25. The van der Waals surface area contributed by atoms with Gasteiger partial charge in [0.15, 0.2) is 0 Å². The second-order valence-electron chi connectivity index (χ2n) is 5.70. The summed E-state index contributed by atoms with van der Waals surface area (Å²) < 4.78 is 5.21. The predicted octanol–water partition coefficient (Wildman–Crippen LogP) is 3.04. The second kappa shape index (κ2) is 4.34.